The lowest BCUT2D eigenvalue weighted by atomic mass is 9.57. The van der Waals surface area contributed by atoms with Crippen LogP contribution in [0.5, 0.6) is 0 Å². The van der Waals surface area contributed by atoms with E-state index in [0.717, 1.165) is 6.42 Å². The summed E-state index contributed by atoms with van der Waals surface area (Å²) in [7, 11) is 0. The molecular weight excluding hydrogens is 246 g/mol. The summed E-state index contributed by atoms with van der Waals surface area (Å²) in [5, 5.41) is 3.08. The Hall–Kier alpha value is -1.18. The summed E-state index contributed by atoms with van der Waals surface area (Å²) in [6, 6.07) is 6.00. The van der Waals surface area contributed by atoms with Crippen LogP contribution >= 0.6 is 0 Å². The molecule has 2 atom stereocenters. The van der Waals surface area contributed by atoms with Crippen LogP contribution in [0.1, 0.15) is 65.0 Å². The number of nitrogens with zero attached hydrogens (tertiary/aromatic N) is 1. The lowest BCUT2D eigenvalue weighted by molar-refractivity contribution is 0.109. The van der Waals surface area contributed by atoms with E-state index < -0.39 is 0 Å². The molecule has 1 aliphatic rings. The average Bonchev–Trinajstić information content (AvgIpc) is 2.34. The van der Waals surface area contributed by atoms with E-state index in [2.05, 4.69) is 52.8 Å². The summed E-state index contributed by atoms with van der Waals surface area (Å²) >= 11 is 0. The minimum Gasteiger partial charge on any atom is -0.145 e. The fourth-order valence-corrected chi connectivity index (χ4v) is 3.87. The van der Waals surface area contributed by atoms with Crippen molar-refractivity contribution in [2.24, 2.45) is 21.9 Å². The van der Waals surface area contributed by atoms with Crippen LogP contribution in [-0.2, 0) is 6.42 Å². The standard InChI is InChI=1S/C18H27NO/c1-17(2,3)15-10-7-12-11-13(19-20)8-9-14(12)16(15)18(4,5)6/h8-9,11,15-16H,7,10H2,1-6H3. The van der Waals surface area contributed by atoms with Crippen molar-refractivity contribution in [3.8, 4) is 0 Å². The summed E-state index contributed by atoms with van der Waals surface area (Å²) in [6.07, 6.45) is 2.26. The van der Waals surface area contributed by atoms with Crippen molar-refractivity contribution in [2.75, 3.05) is 0 Å². The molecule has 0 heterocycles. The van der Waals surface area contributed by atoms with E-state index in [-0.39, 0.29) is 5.41 Å². The monoisotopic (exact) mass is 273 g/mol. The minimum absolute atomic E-state index is 0.225. The average molecular weight is 273 g/mol. The van der Waals surface area contributed by atoms with Crippen LogP contribution in [0.25, 0.3) is 0 Å². The van der Waals surface area contributed by atoms with E-state index in [1.165, 1.54) is 17.5 Å². The van der Waals surface area contributed by atoms with Gasteiger partial charge in [0.15, 0.2) is 0 Å². The van der Waals surface area contributed by atoms with Crippen molar-refractivity contribution in [1.82, 2.24) is 0 Å². The molecular formula is C18H27NO. The van der Waals surface area contributed by atoms with Gasteiger partial charge in [-0.05, 0) is 63.9 Å². The molecule has 2 heteroatoms. The Morgan fingerprint density at radius 1 is 1.05 bits per heavy atom. The molecule has 0 radical (unpaired) electrons. The molecule has 0 spiro atoms. The summed E-state index contributed by atoms with van der Waals surface area (Å²) < 4.78 is 0. The normalized spacial score (nSPS) is 23.3. The second kappa shape index (κ2) is 4.98. The van der Waals surface area contributed by atoms with Crippen LogP contribution in [0.2, 0.25) is 0 Å². The maximum atomic E-state index is 10.7. The molecule has 2 nitrogen and oxygen atoms in total. The van der Waals surface area contributed by atoms with Gasteiger partial charge >= 0.3 is 0 Å². The number of fused-ring (bicyclic) bond motifs is 1. The molecule has 2 unspecified atom stereocenters. The van der Waals surface area contributed by atoms with Gasteiger partial charge < -0.3 is 0 Å². The van der Waals surface area contributed by atoms with E-state index in [1.807, 2.05) is 12.1 Å². The lowest BCUT2D eigenvalue weighted by Crippen LogP contribution is -2.37. The molecule has 1 aliphatic carbocycles. The highest BCUT2D eigenvalue weighted by Gasteiger charge is 2.42. The third-order valence-electron chi connectivity index (χ3n) is 4.74. The van der Waals surface area contributed by atoms with Crippen LogP contribution in [0, 0.1) is 21.7 Å². The zero-order valence-electron chi connectivity index (χ0n) is 13.7. The molecule has 2 rings (SSSR count). The molecule has 110 valence electrons. The summed E-state index contributed by atoms with van der Waals surface area (Å²) in [4.78, 5) is 10.7. The number of nitroso groups, excluding NO2 is 1. The first-order valence-electron chi connectivity index (χ1n) is 7.61. The Morgan fingerprint density at radius 3 is 2.20 bits per heavy atom. The Morgan fingerprint density at radius 2 is 1.70 bits per heavy atom. The predicted octanol–water partition coefficient (Wildman–Crippen LogP) is 5.82. The first-order chi connectivity index (χ1) is 9.14. The van der Waals surface area contributed by atoms with Gasteiger partial charge in [-0.15, -0.1) is 4.91 Å². The maximum absolute atomic E-state index is 10.7. The van der Waals surface area contributed by atoms with Gasteiger partial charge in [-0.2, -0.15) is 0 Å². The third-order valence-corrected chi connectivity index (χ3v) is 4.74. The van der Waals surface area contributed by atoms with Crippen molar-refractivity contribution in [2.45, 2.75) is 60.3 Å². The molecule has 0 bridgehead atoms. The van der Waals surface area contributed by atoms with E-state index in [4.69, 9.17) is 0 Å². The predicted molar refractivity (Wildman–Crippen MR) is 85.4 cm³/mol. The molecule has 0 aliphatic heterocycles. The highest BCUT2D eigenvalue weighted by atomic mass is 16.3. The molecule has 1 aromatic rings. The van der Waals surface area contributed by atoms with Crippen LogP contribution in [0.15, 0.2) is 23.4 Å². The highest BCUT2D eigenvalue weighted by molar-refractivity contribution is 5.47. The first kappa shape index (κ1) is 15.2. The zero-order valence-corrected chi connectivity index (χ0v) is 13.7. The fourth-order valence-electron chi connectivity index (χ4n) is 3.87. The molecule has 1 aromatic carbocycles. The molecule has 0 amide bonds. The van der Waals surface area contributed by atoms with Crippen LogP contribution in [0.3, 0.4) is 0 Å². The topological polar surface area (TPSA) is 29.4 Å². The van der Waals surface area contributed by atoms with Gasteiger partial charge in [0.25, 0.3) is 0 Å². The van der Waals surface area contributed by atoms with Crippen molar-refractivity contribution in [1.29, 1.82) is 0 Å². The van der Waals surface area contributed by atoms with Crippen molar-refractivity contribution in [3.05, 3.63) is 34.2 Å². The van der Waals surface area contributed by atoms with E-state index in [0.29, 0.717) is 22.9 Å². The van der Waals surface area contributed by atoms with Crippen LogP contribution in [-0.4, -0.2) is 0 Å². The van der Waals surface area contributed by atoms with Gasteiger partial charge in [0, 0.05) is 0 Å². The first-order valence-corrected chi connectivity index (χ1v) is 7.61. The van der Waals surface area contributed by atoms with E-state index in [9.17, 15) is 4.91 Å². The van der Waals surface area contributed by atoms with Crippen LogP contribution in [0.4, 0.5) is 5.69 Å². The highest BCUT2D eigenvalue weighted by Crippen LogP contribution is 2.53. The van der Waals surface area contributed by atoms with Crippen LogP contribution < -0.4 is 0 Å². The second-order valence-corrected chi connectivity index (χ2v) is 8.33. The third kappa shape index (κ3) is 2.79. The molecule has 0 aromatic heterocycles. The lowest BCUT2D eigenvalue weighted by Gasteiger charge is -2.47. The number of aryl methyl sites for hydroxylation is 1. The van der Waals surface area contributed by atoms with E-state index in [1.54, 1.807) is 0 Å². The van der Waals surface area contributed by atoms with Crippen molar-refractivity contribution < 1.29 is 0 Å². The number of hydrogen-bond donors (Lipinski definition) is 0. The summed E-state index contributed by atoms with van der Waals surface area (Å²) in [5.74, 6) is 1.21. The van der Waals surface area contributed by atoms with Gasteiger partial charge in [0.1, 0.15) is 5.69 Å². The maximum Gasteiger partial charge on any atom is 0.108 e. The van der Waals surface area contributed by atoms with Gasteiger partial charge in [-0.3, -0.25) is 0 Å². The molecule has 0 saturated heterocycles. The quantitative estimate of drug-likeness (QED) is 0.592. The largest absolute Gasteiger partial charge is 0.145 e. The Kier molecular flexibility index (Phi) is 3.79. The summed E-state index contributed by atoms with van der Waals surface area (Å²) in [6.45, 7) is 14.0. The smallest absolute Gasteiger partial charge is 0.108 e. The minimum atomic E-state index is 0.225. The number of rotatable bonds is 1. The number of benzene rings is 1. The van der Waals surface area contributed by atoms with E-state index >= 15 is 0 Å². The molecule has 0 N–H and O–H groups in total. The van der Waals surface area contributed by atoms with Gasteiger partial charge in [0.2, 0.25) is 0 Å². The Bertz CT molecular complexity index is 505. The number of hydrogen-bond acceptors (Lipinski definition) is 2. The van der Waals surface area contributed by atoms with Crippen molar-refractivity contribution in [3.63, 3.8) is 0 Å². The SMILES string of the molecule is CC(C)(C)C1CCc2cc(N=O)ccc2C1C(C)(C)C. The molecule has 20 heavy (non-hydrogen) atoms. The van der Waals surface area contributed by atoms with Gasteiger partial charge in [0.05, 0.1) is 0 Å². The Labute approximate surface area is 122 Å². The van der Waals surface area contributed by atoms with Crippen molar-refractivity contribution >= 4 is 5.69 Å². The second-order valence-electron chi connectivity index (χ2n) is 8.33. The molecule has 0 fully saturated rings. The van der Waals surface area contributed by atoms with Gasteiger partial charge in [-0.25, -0.2) is 0 Å². The summed E-state index contributed by atoms with van der Waals surface area (Å²) in [5.41, 5.74) is 3.84. The Balaban J connectivity index is 2.53. The fraction of sp³-hybridized carbons (Fsp3) is 0.667. The van der Waals surface area contributed by atoms with Gasteiger partial charge in [-0.1, -0.05) is 47.6 Å². The molecule has 0 saturated carbocycles. The zero-order chi connectivity index (χ0) is 15.1.